The lowest BCUT2D eigenvalue weighted by Crippen LogP contribution is -2.38. The summed E-state index contributed by atoms with van der Waals surface area (Å²) >= 11 is 0. The lowest BCUT2D eigenvalue weighted by atomic mass is 10.1. The zero-order chi connectivity index (χ0) is 16.5. The van der Waals surface area contributed by atoms with Gasteiger partial charge in [-0.1, -0.05) is 19.9 Å². The van der Waals surface area contributed by atoms with Crippen LogP contribution < -0.4 is 10.1 Å². The molecule has 1 atom stereocenters. The number of anilines is 1. The minimum Gasteiger partial charge on any atom is -0.497 e. The number of likely N-dealkylation sites (N-methyl/N-ethyl adjacent to an activating group) is 1. The molecule has 0 saturated carbocycles. The highest BCUT2D eigenvalue weighted by Gasteiger charge is 2.18. The Morgan fingerprint density at radius 2 is 2.05 bits per heavy atom. The van der Waals surface area contributed by atoms with Crippen molar-refractivity contribution in [1.29, 1.82) is 0 Å². The summed E-state index contributed by atoms with van der Waals surface area (Å²) in [5.74, 6) is 0.0119. The summed E-state index contributed by atoms with van der Waals surface area (Å²) in [7, 11) is 2.94. The van der Waals surface area contributed by atoms with E-state index in [1.165, 1.54) is 7.11 Å². The topological polar surface area (TPSA) is 67.9 Å². The smallest absolute Gasteiger partial charge is 0.309 e. The Morgan fingerprint density at radius 3 is 2.64 bits per heavy atom. The molecule has 6 nitrogen and oxygen atoms in total. The van der Waals surface area contributed by atoms with E-state index in [0.717, 1.165) is 0 Å². The van der Waals surface area contributed by atoms with Crippen molar-refractivity contribution in [3.63, 3.8) is 0 Å². The SMILES string of the molecule is CCN(CC(=O)Nc1cccc(OC)c1)CC(C)C(=O)OC. The summed E-state index contributed by atoms with van der Waals surface area (Å²) in [5, 5.41) is 2.82. The van der Waals surface area contributed by atoms with Gasteiger partial charge < -0.3 is 14.8 Å². The van der Waals surface area contributed by atoms with Crippen molar-refractivity contribution in [3.05, 3.63) is 24.3 Å². The van der Waals surface area contributed by atoms with Crippen molar-refractivity contribution < 1.29 is 19.1 Å². The molecule has 0 fully saturated rings. The van der Waals surface area contributed by atoms with E-state index < -0.39 is 0 Å². The summed E-state index contributed by atoms with van der Waals surface area (Å²) in [6, 6.07) is 7.18. The highest BCUT2D eigenvalue weighted by atomic mass is 16.5. The Hall–Kier alpha value is -2.08. The van der Waals surface area contributed by atoms with Crippen molar-refractivity contribution in [2.45, 2.75) is 13.8 Å². The summed E-state index contributed by atoms with van der Waals surface area (Å²) < 4.78 is 9.82. The summed E-state index contributed by atoms with van der Waals surface area (Å²) in [5.41, 5.74) is 0.682. The summed E-state index contributed by atoms with van der Waals surface area (Å²) in [4.78, 5) is 25.4. The first-order valence-corrected chi connectivity index (χ1v) is 7.24. The van der Waals surface area contributed by atoms with E-state index in [4.69, 9.17) is 9.47 Å². The average Bonchev–Trinajstić information content (AvgIpc) is 2.53. The molecule has 122 valence electrons. The Labute approximate surface area is 131 Å². The van der Waals surface area contributed by atoms with Crippen LogP contribution in [-0.4, -0.2) is 50.6 Å². The van der Waals surface area contributed by atoms with Crippen molar-refractivity contribution >= 4 is 17.6 Å². The fourth-order valence-corrected chi connectivity index (χ4v) is 2.07. The zero-order valence-corrected chi connectivity index (χ0v) is 13.6. The largest absolute Gasteiger partial charge is 0.497 e. The van der Waals surface area contributed by atoms with Crippen LogP contribution in [0.5, 0.6) is 5.75 Å². The maximum Gasteiger partial charge on any atom is 0.309 e. The van der Waals surface area contributed by atoms with Crippen molar-refractivity contribution in [2.75, 3.05) is 39.2 Å². The minimum absolute atomic E-state index is 0.132. The molecule has 1 rings (SSSR count). The molecule has 1 aromatic carbocycles. The van der Waals surface area contributed by atoms with Crippen LogP contribution in [0.15, 0.2) is 24.3 Å². The third-order valence-corrected chi connectivity index (χ3v) is 3.30. The van der Waals surface area contributed by atoms with Gasteiger partial charge in [0, 0.05) is 18.3 Å². The van der Waals surface area contributed by atoms with Crippen LogP contribution in [0.4, 0.5) is 5.69 Å². The first kappa shape index (κ1) is 18.0. The molecule has 1 unspecified atom stereocenters. The summed E-state index contributed by atoms with van der Waals surface area (Å²) in [6.45, 7) is 5.11. The normalized spacial score (nSPS) is 11.9. The molecule has 0 saturated heterocycles. The van der Waals surface area contributed by atoms with Gasteiger partial charge in [0.15, 0.2) is 0 Å². The summed E-state index contributed by atoms with van der Waals surface area (Å²) in [6.07, 6.45) is 0. The molecular weight excluding hydrogens is 284 g/mol. The van der Waals surface area contributed by atoms with E-state index >= 15 is 0 Å². The quantitative estimate of drug-likeness (QED) is 0.741. The molecule has 0 aliphatic rings. The van der Waals surface area contributed by atoms with E-state index in [-0.39, 0.29) is 24.3 Å². The van der Waals surface area contributed by atoms with Gasteiger partial charge in [0.25, 0.3) is 0 Å². The first-order valence-electron chi connectivity index (χ1n) is 7.24. The van der Waals surface area contributed by atoms with Gasteiger partial charge in [0.1, 0.15) is 5.75 Å². The number of hydrogen-bond acceptors (Lipinski definition) is 5. The number of nitrogens with one attached hydrogen (secondary N) is 1. The average molecular weight is 308 g/mol. The predicted molar refractivity (Wildman–Crippen MR) is 84.9 cm³/mol. The number of rotatable bonds is 8. The van der Waals surface area contributed by atoms with Gasteiger partial charge in [-0.05, 0) is 18.7 Å². The molecule has 0 aliphatic carbocycles. The van der Waals surface area contributed by atoms with Gasteiger partial charge in [-0.3, -0.25) is 14.5 Å². The lowest BCUT2D eigenvalue weighted by molar-refractivity contribution is -0.145. The van der Waals surface area contributed by atoms with Gasteiger partial charge in [-0.2, -0.15) is 0 Å². The lowest BCUT2D eigenvalue weighted by Gasteiger charge is -2.22. The van der Waals surface area contributed by atoms with Crippen LogP contribution in [0, 0.1) is 5.92 Å². The fourth-order valence-electron chi connectivity index (χ4n) is 2.07. The molecule has 1 aromatic rings. The molecule has 22 heavy (non-hydrogen) atoms. The van der Waals surface area contributed by atoms with Crippen LogP contribution in [-0.2, 0) is 14.3 Å². The highest BCUT2D eigenvalue weighted by molar-refractivity contribution is 5.92. The Kier molecular flexibility index (Phi) is 7.39. The zero-order valence-electron chi connectivity index (χ0n) is 13.6. The van der Waals surface area contributed by atoms with Gasteiger partial charge >= 0.3 is 5.97 Å². The number of methoxy groups -OCH3 is 2. The van der Waals surface area contributed by atoms with Crippen LogP contribution >= 0.6 is 0 Å². The number of carbonyl (C=O) groups excluding carboxylic acids is 2. The first-order chi connectivity index (χ1) is 10.5. The van der Waals surface area contributed by atoms with Crippen LogP contribution in [0.25, 0.3) is 0 Å². The molecule has 6 heteroatoms. The fraction of sp³-hybridized carbons (Fsp3) is 0.500. The van der Waals surface area contributed by atoms with Gasteiger partial charge in [-0.25, -0.2) is 0 Å². The van der Waals surface area contributed by atoms with Gasteiger partial charge in [-0.15, -0.1) is 0 Å². The molecule has 0 spiro atoms. The van der Waals surface area contributed by atoms with Crippen molar-refractivity contribution in [2.24, 2.45) is 5.92 Å². The second kappa shape index (κ2) is 9.04. The predicted octanol–water partition coefficient (Wildman–Crippen LogP) is 1.76. The second-order valence-corrected chi connectivity index (χ2v) is 5.03. The second-order valence-electron chi connectivity index (χ2n) is 5.03. The highest BCUT2D eigenvalue weighted by Crippen LogP contribution is 2.16. The number of benzene rings is 1. The molecule has 0 radical (unpaired) electrons. The molecule has 0 aromatic heterocycles. The van der Waals surface area contributed by atoms with Crippen LogP contribution in [0.2, 0.25) is 0 Å². The van der Waals surface area contributed by atoms with Crippen molar-refractivity contribution in [1.82, 2.24) is 4.90 Å². The van der Waals surface area contributed by atoms with Crippen LogP contribution in [0.1, 0.15) is 13.8 Å². The Bertz CT molecular complexity index is 505. The number of esters is 1. The molecule has 1 amide bonds. The van der Waals surface area contributed by atoms with E-state index in [0.29, 0.717) is 24.5 Å². The maximum absolute atomic E-state index is 12.1. The molecular formula is C16H24N2O4. The number of amides is 1. The van der Waals surface area contributed by atoms with Crippen molar-refractivity contribution in [3.8, 4) is 5.75 Å². The third-order valence-electron chi connectivity index (χ3n) is 3.30. The van der Waals surface area contributed by atoms with E-state index in [1.54, 1.807) is 26.2 Å². The number of nitrogens with zero attached hydrogens (tertiary/aromatic N) is 1. The molecule has 0 heterocycles. The molecule has 0 aliphatic heterocycles. The molecule has 1 N–H and O–H groups in total. The monoisotopic (exact) mass is 308 g/mol. The minimum atomic E-state index is -0.272. The Balaban J connectivity index is 2.55. The standard InChI is InChI=1S/C16H24N2O4/c1-5-18(10-12(2)16(20)22-4)11-15(19)17-13-7-6-8-14(9-13)21-3/h6-9,12H,5,10-11H2,1-4H3,(H,17,19). The number of ether oxygens (including phenoxy) is 2. The Morgan fingerprint density at radius 1 is 1.32 bits per heavy atom. The van der Waals surface area contributed by atoms with Crippen LogP contribution in [0.3, 0.4) is 0 Å². The van der Waals surface area contributed by atoms with Gasteiger partial charge in [0.2, 0.25) is 5.91 Å². The maximum atomic E-state index is 12.1. The third kappa shape index (κ3) is 5.73. The van der Waals surface area contributed by atoms with E-state index in [1.807, 2.05) is 24.0 Å². The number of hydrogen-bond donors (Lipinski definition) is 1. The van der Waals surface area contributed by atoms with E-state index in [2.05, 4.69) is 5.32 Å². The van der Waals surface area contributed by atoms with E-state index in [9.17, 15) is 9.59 Å². The van der Waals surface area contributed by atoms with Gasteiger partial charge in [0.05, 0.1) is 26.7 Å². The number of carbonyl (C=O) groups is 2. The molecule has 0 bridgehead atoms.